The van der Waals surface area contributed by atoms with E-state index in [4.69, 9.17) is 0 Å². The summed E-state index contributed by atoms with van der Waals surface area (Å²) in [7, 11) is 0. The van der Waals surface area contributed by atoms with Gasteiger partial charge in [0.05, 0.1) is 0 Å². The van der Waals surface area contributed by atoms with Crippen LogP contribution >= 0.6 is 0 Å². The molecule has 0 spiro atoms. The van der Waals surface area contributed by atoms with Gasteiger partial charge in [-0.3, -0.25) is 4.90 Å². The van der Waals surface area contributed by atoms with Crippen LogP contribution in [0.15, 0.2) is 0 Å². The molecule has 1 aliphatic heterocycles. The van der Waals surface area contributed by atoms with Crippen LogP contribution in [0.25, 0.3) is 0 Å². The molecule has 2 fully saturated rings. The van der Waals surface area contributed by atoms with Crippen LogP contribution in [0.5, 0.6) is 0 Å². The summed E-state index contributed by atoms with van der Waals surface area (Å²) in [5.41, 5.74) is 0. The van der Waals surface area contributed by atoms with E-state index >= 15 is 0 Å². The van der Waals surface area contributed by atoms with Crippen LogP contribution in [0, 0.1) is 5.92 Å². The molecule has 2 bridgehead atoms. The third-order valence-corrected chi connectivity index (χ3v) is 3.68. The molecule has 2 atom stereocenters. The van der Waals surface area contributed by atoms with Crippen molar-refractivity contribution >= 4 is 0 Å². The van der Waals surface area contributed by atoms with Crippen molar-refractivity contribution in [1.29, 1.82) is 0 Å². The molecule has 70 valence electrons. The maximum absolute atomic E-state index is 2.72. The quantitative estimate of drug-likeness (QED) is 0.580. The first-order valence-electron chi connectivity index (χ1n) is 5.53. The maximum atomic E-state index is 2.72. The minimum absolute atomic E-state index is 0.772. The second-order valence-electron chi connectivity index (χ2n) is 4.81. The van der Waals surface area contributed by atoms with E-state index in [-0.39, 0.29) is 0 Å². The molecule has 2 aliphatic rings. The van der Waals surface area contributed by atoms with E-state index in [0.29, 0.717) is 0 Å². The van der Waals surface area contributed by atoms with Crippen molar-refractivity contribution in [2.24, 2.45) is 5.92 Å². The van der Waals surface area contributed by atoms with E-state index in [1.165, 1.54) is 38.6 Å². The Labute approximate surface area is 76.1 Å². The fourth-order valence-corrected chi connectivity index (χ4v) is 3.02. The predicted octanol–water partition coefficient (Wildman–Crippen LogP) is 2.66. The first-order chi connectivity index (χ1) is 5.77. The van der Waals surface area contributed by atoms with Crippen LogP contribution in [0.3, 0.4) is 0 Å². The van der Waals surface area contributed by atoms with Crippen molar-refractivity contribution in [3.63, 3.8) is 0 Å². The molecule has 1 aliphatic carbocycles. The van der Waals surface area contributed by atoms with E-state index in [9.17, 15) is 0 Å². The zero-order valence-corrected chi connectivity index (χ0v) is 8.42. The number of nitrogens with zero attached hydrogens (tertiary/aromatic N) is 1. The van der Waals surface area contributed by atoms with Crippen LogP contribution in [0.4, 0.5) is 0 Å². The van der Waals surface area contributed by atoms with Gasteiger partial charge in [-0.1, -0.05) is 12.8 Å². The SMILES string of the molecule is CC(C)N1CCC2CCCC1C2. The van der Waals surface area contributed by atoms with Crippen molar-refractivity contribution in [2.45, 2.75) is 58.0 Å². The molecule has 0 aromatic heterocycles. The lowest BCUT2D eigenvalue weighted by atomic mass is 9.79. The average molecular weight is 167 g/mol. The Hall–Kier alpha value is -0.0400. The largest absolute Gasteiger partial charge is 0.298 e. The lowest BCUT2D eigenvalue weighted by Crippen LogP contribution is -2.48. The van der Waals surface area contributed by atoms with E-state index in [0.717, 1.165) is 18.0 Å². The predicted molar refractivity (Wildman–Crippen MR) is 52.2 cm³/mol. The Kier molecular flexibility index (Phi) is 2.40. The van der Waals surface area contributed by atoms with E-state index in [2.05, 4.69) is 18.7 Å². The average Bonchev–Trinajstić information content (AvgIpc) is 2.04. The molecular weight excluding hydrogens is 146 g/mol. The summed E-state index contributed by atoms with van der Waals surface area (Å²) in [5.74, 6) is 1.08. The minimum Gasteiger partial charge on any atom is -0.298 e. The monoisotopic (exact) mass is 167 g/mol. The second kappa shape index (κ2) is 3.37. The molecule has 0 aromatic carbocycles. The second-order valence-corrected chi connectivity index (χ2v) is 4.81. The van der Waals surface area contributed by atoms with Gasteiger partial charge >= 0.3 is 0 Å². The molecule has 0 aromatic rings. The molecule has 1 saturated carbocycles. The van der Waals surface area contributed by atoms with Crippen LogP contribution in [0.2, 0.25) is 0 Å². The van der Waals surface area contributed by atoms with Gasteiger partial charge < -0.3 is 0 Å². The zero-order chi connectivity index (χ0) is 8.55. The highest BCUT2D eigenvalue weighted by Gasteiger charge is 2.32. The Morgan fingerprint density at radius 3 is 2.75 bits per heavy atom. The van der Waals surface area contributed by atoms with Crippen molar-refractivity contribution in [3.05, 3.63) is 0 Å². The van der Waals surface area contributed by atoms with Gasteiger partial charge in [0.1, 0.15) is 0 Å². The summed E-state index contributed by atoms with van der Waals surface area (Å²) in [5, 5.41) is 0. The topological polar surface area (TPSA) is 3.24 Å². The Bertz CT molecular complexity index is 153. The van der Waals surface area contributed by atoms with Gasteiger partial charge in [0.15, 0.2) is 0 Å². The van der Waals surface area contributed by atoms with Gasteiger partial charge in [0, 0.05) is 12.1 Å². The lowest BCUT2D eigenvalue weighted by Gasteiger charge is -2.45. The number of likely N-dealkylation sites (tertiary alicyclic amines) is 1. The van der Waals surface area contributed by atoms with Crippen molar-refractivity contribution in [1.82, 2.24) is 4.90 Å². The summed E-state index contributed by atoms with van der Waals surface area (Å²) < 4.78 is 0. The highest BCUT2D eigenvalue weighted by molar-refractivity contribution is 4.87. The van der Waals surface area contributed by atoms with Gasteiger partial charge in [-0.25, -0.2) is 0 Å². The molecule has 0 N–H and O–H groups in total. The number of piperidine rings is 1. The van der Waals surface area contributed by atoms with Crippen LogP contribution in [0.1, 0.15) is 46.0 Å². The number of fused-ring (bicyclic) bond motifs is 2. The molecule has 12 heavy (non-hydrogen) atoms. The van der Waals surface area contributed by atoms with E-state index < -0.39 is 0 Å². The fraction of sp³-hybridized carbons (Fsp3) is 1.00. The molecule has 1 nitrogen and oxygen atoms in total. The van der Waals surface area contributed by atoms with Crippen LogP contribution in [-0.2, 0) is 0 Å². The molecule has 1 heteroatoms. The Morgan fingerprint density at radius 2 is 2.00 bits per heavy atom. The number of hydrogen-bond acceptors (Lipinski definition) is 1. The summed E-state index contributed by atoms with van der Waals surface area (Å²) in [6, 6.07) is 1.71. The van der Waals surface area contributed by atoms with Gasteiger partial charge in [0.2, 0.25) is 0 Å². The molecule has 1 heterocycles. The molecular formula is C11H21N. The number of hydrogen-bond donors (Lipinski definition) is 0. The van der Waals surface area contributed by atoms with Gasteiger partial charge in [-0.05, 0) is 45.6 Å². The highest BCUT2D eigenvalue weighted by atomic mass is 15.2. The highest BCUT2D eigenvalue weighted by Crippen LogP contribution is 2.35. The van der Waals surface area contributed by atoms with Crippen molar-refractivity contribution in [3.8, 4) is 0 Å². The van der Waals surface area contributed by atoms with E-state index in [1.807, 2.05) is 0 Å². The summed E-state index contributed by atoms with van der Waals surface area (Å²) in [6.07, 6.45) is 7.43. The first-order valence-corrected chi connectivity index (χ1v) is 5.53. The third kappa shape index (κ3) is 1.52. The van der Waals surface area contributed by atoms with Crippen LogP contribution in [-0.4, -0.2) is 23.5 Å². The maximum Gasteiger partial charge on any atom is 0.0101 e. The Morgan fingerprint density at radius 1 is 1.17 bits per heavy atom. The van der Waals surface area contributed by atoms with Gasteiger partial charge in [-0.2, -0.15) is 0 Å². The normalized spacial score (nSPS) is 37.2. The molecule has 2 unspecified atom stereocenters. The molecule has 0 amide bonds. The number of rotatable bonds is 1. The Balaban J connectivity index is 1.99. The molecule has 0 radical (unpaired) electrons. The van der Waals surface area contributed by atoms with Gasteiger partial charge in [0.25, 0.3) is 0 Å². The lowest BCUT2D eigenvalue weighted by molar-refractivity contribution is 0.0489. The standard InChI is InChI=1S/C11H21N/c1-9(2)12-7-6-10-4-3-5-11(12)8-10/h9-11H,3-8H2,1-2H3. The third-order valence-electron chi connectivity index (χ3n) is 3.68. The van der Waals surface area contributed by atoms with Crippen molar-refractivity contribution in [2.75, 3.05) is 6.54 Å². The summed E-state index contributed by atoms with van der Waals surface area (Å²) in [4.78, 5) is 2.72. The van der Waals surface area contributed by atoms with Gasteiger partial charge in [-0.15, -0.1) is 0 Å². The molecule has 2 rings (SSSR count). The van der Waals surface area contributed by atoms with Crippen LogP contribution < -0.4 is 0 Å². The smallest absolute Gasteiger partial charge is 0.0101 e. The minimum atomic E-state index is 0.772. The zero-order valence-electron chi connectivity index (χ0n) is 8.42. The molecule has 1 saturated heterocycles. The van der Waals surface area contributed by atoms with Crippen molar-refractivity contribution < 1.29 is 0 Å². The van der Waals surface area contributed by atoms with E-state index in [1.54, 1.807) is 0 Å². The fourth-order valence-electron chi connectivity index (χ4n) is 3.02. The first kappa shape index (κ1) is 8.55. The summed E-state index contributed by atoms with van der Waals surface area (Å²) in [6.45, 7) is 6.05. The summed E-state index contributed by atoms with van der Waals surface area (Å²) >= 11 is 0.